The highest BCUT2D eigenvalue weighted by Crippen LogP contribution is 2.28. The van der Waals surface area contributed by atoms with Crippen LogP contribution in [0.5, 0.6) is 0 Å². The zero-order chi connectivity index (χ0) is 12.3. The Balaban J connectivity index is 2.50. The van der Waals surface area contributed by atoms with Gasteiger partial charge in [-0.3, -0.25) is 4.98 Å². The lowest BCUT2D eigenvalue weighted by Crippen LogP contribution is -2.05. The summed E-state index contributed by atoms with van der Waals surface area (Å²) in [5.74, 6) is 1.59. The van der Waals surface area contributed by atoms with Crippen molar-refractivity contribution in [1.82, 2.24) is 15.0 Å². The molecule has 0 aliphatic carbocycles. The molecule has 1 N–H and O–H groups in total. The first-order valence-electron chi connectivity index (χ1n) is 5.45. The second kappa shape index (κ2) is 5.55. The maximum atomic E-state index is 4.55. The van der Waals surface area contributed by atoms with Crippen LogP contribution in [0, 0.1) is 0 Å². The molecule has 0 atom stereocenters. The molecule has 2 aromatic rings. The minimum absolute atomic E-state index is 0.739. The van der Waals surface area contributed by atoms with Crippen molar-refractivity contribution in [3.05, 3.63) is 21.9 Å². The Kier molecular flexibility index (Phi) is 4.06. The monoisotopic (exact) mass is 312 g/mol. The van der Waals surface area contributed by atoms with Crippen LogP contribution in [0.1, 0.15) is 19.5 Å². The molecular formula is C11H13BrN4S. The first-order valence-corrected chi connectivity index (χ1v) is 7.12. The number of halogens is 1. The Hall–Kier alpha value is -1.01. The summed E-state index contributed by atoms with van der Waals surface area (Å²) >= 11 is 5.09. The van der Waals surface area contributed by atoms with Crippen LogP contribution in [-0.4, -0.2) is 21.5 Å². The van der Waals surface area contributed by atoms with Crippen LogP contribution in [0.15, 0.2) is 16.2 Å². The van der Waals surface area contributed by atoms with Gasteiger partial charge in [0, 0.05) is 12.7 Å². The highest BCUT2D eigenvalue weighted by atomic mass is 79.9. The highest BCUT2D eigenvalue weighted by molar-refractivity contribution is 9.10. The van der Waals surface area contributed by atoms with E-state index < -0.39 is 0 Å². The standard InChI is InChI=1S/C11H13BrN4S/c1-3-7-9(12)11(14-4-2)16-10(15-7)8-5-13-6-17-8/h5-6H,3-4H2,1-2H3,(H,14,15,16). The summed E-state index contributed by atoms with van der Waals surface area (Å²) in [6.07, 6.45) is 2.66. The van der Waals surface area contributed by atoms with Gasteiger partial charge in [0.05, 0.1) is 20.6 Å². The van der Waals surface area contributed by atoms with Crippen LogP contribution in [-0.2, 0) is 6.42 Å². The van der Waals surface area contributed by atoms with Gasteiger partial charge in [-0.05, 0) is 29.3 Å². The van der Waals surface area contributed by atoms with Crippen LogP contribution in [0.25, 0.3) is 10.7 Å². The number of thiazole rings is 1. The Bertz CT molecular complexity index is 498. The first-order chi connectivity index (χ1) is 8.26. The maximum Gasteiger partial charge on any atom is 0.173 e. The third kappa shape index (κ3) is 2.63. The summed E-state index contributed by atoms with van der Waals surface area (Å²) in [5.41, 5.74) is 2.80. The number of rotatable bonds is 4. The lowest BCUT2D eigenvalue weighted by Gasteiger charge is -2.10. The molecule has 90 valence electrons. The van der Waals surface area contributed by atoms with Gasteiger partial charge >= 0.3 is 0 Å². The molecule has 0 radical (unpaired) electrons. The molecule has 0 aromatic carbocycles. The highest BCUT2D eigenvalue weighted by Gasteiger charge is 2.12. The van der Waals surface area contributed by atoms with Gasteiger partial charge in [-0.2, -0.15) is 0 Å². The molecule has 0 fully saturated rings. The maximum absolute atomic E-state index is 4.55. The average Bonchev–Trinajstić information content (AvgIpc) is 2.85. The van der Waals surface area contributed by atoms with Gasteiger partial charge < -0.3 is 5.32 Å². The predicted molar refractivity (Wildman–Crippen MR) is 74.4 cm³/mol. The number of aromatic nitrogens is 3. The fourth-order valence-electron chi connectivity index (χ4n) is 1.45. The molecule has 0 saturated carbocycles. The normalized spacial score (nSPS) is 10.5. The molecule has 6 heteroatoms. The minimum atomic E-state index is 0.739. The molecule has 2 aromatic heterocycles. The molecule has 0 amide bonds. The molecular weight excluding hydrogens is 300 g/mol. The van der Waals surface area contributed by atoms with Crippen molar-refractivity contribution in [1.29, 1.82) is 0 Å². The van der Waals surface area contributed by atoms with Crippen molar-refractivity contribution >= 4 is 33.1 Å². The first kappa shape index (κ1) is 12.4. The van der Waals surface area contributed by atoms with Gasteiger partial charge in [0.15, 0.2) is 5.82 Å². The zero-order valence-corrected chi connectivity index (χ0v) is 12.1. The van der Waals surface area contributed by atoms with Gasteiger partial charge in [0.1, 0.15) is 5.82 Å². The van der Waals surface area contributed by atoms with E-state index in [4.69, 9.17) is 0 Å². The van der Waals surface area contributed by atoms with E-state index in [1.54, 1.807) is 23.0 Å². The fourth-order valence-corrected chi connectivity index (χ4v) is 2.60. The van der Waals surface area contributed by atoms with E-state index in [0.29, 0.717) is 0 Å². The Morgan fingerprint density at radius 1 is 1.35 bits per heavy atom. The lowest BCUT2D eigenvalue weighted by atomic mass is 10.3. The number of nitrogens with zero attached hydrogens (tertiary/aromatic N) is 3. The van der Waals surface area contributed by atoms with Gasteiger partial charge in [-0.1, -0.05) is 6.92 Å². The number of hydrogen-bond acceptors (Lipinski definition) is 5. The molecule has 0 unspecified atom stereocenters. The predicted octanol–water partition coefficient (Wildman–Crippen LogP) is 3.36. The summed E-state index contributed by atoms with van der Waals surface area (Å²) < 4.78 is 0.954. The Labute approximate surface area is 113 Å². The number of nitrogens with one attached hydrogen (secondary N) is 1. The van der Waals surface area contributed by atoms with Crippen molar-refractivity contribution in [2.45, 2.75) is 20.3 Å². The molecule has 2 heterocycles. The summed E-state index contributed by atoms with van der Waals surface area (Å²) in [4.78, 5) is 14.1. The zero-order valence-electron chi connectivity index (χ0n) is 9.70. The topological polar surface area (TPSA) is 50.7 Å². The summed E-state index contributed by atoms with van der Waals surface area (Å²) in [6.45, 7) is 4.96. The Morgan fingerprint density at radius 2 is 2.18 bits per heavy atom. The van der Waals surface area contributed by atoms with E-state index in [9.17, 15) is 0 Å². The summed E-state index contributed by atoms with van der Waals surface area (Å²) in [5, 5.41) is 3.24. The largest absolute Gasteiger partial charge is 0.369 e. The smallest absolute Gasteiger partial charge is 0.173 e. The van der Waals surface area contributed by atoms with E-state index in [1.807, 2.05) is 6.92 Å². The fraction of sp³-hybridized carbons (Fsp3) is 0.364. The average molecular weight is 313 g/mol. The molecule has 0 aliphatic heterocycles. The third-order valence-electron chi connectivity index (χ3n) is 2.25. The second-order valence-electron chi connectivity index (χ2n) is 3.41. The molecule has 17 heavy (non-hydrogen) atoms. The minimum Gasteiger partial charge on any atom is -0.369 e. The van der Waals surface area contributed by atoms with E-state index >= 15 is 0 Å². The number of hydrogen-bond donors (Lipinski definition) is 1. The van der Waals surface area contributed by atoms with Crippen LogP contribution in [0.3, 0.4) is 0 Å². The van der Waals surface area contributed by atoms with Gasteiger partial charge in [-0.25, -0.2) is 9.97 Å². The van der Waals surface area contributed by atoms with E-state index in [2.05, 4.69) is 43.1 Å². The van der Waals surface area contributed by atoms with Crippen LogP contribution in [0.4, 0.5) is 5.82 Å². The van der Waals surface area contributed by atoms with Crippen LogP contribution < -0.4 is 5.32 Å². The van der Waals surface area contributed by atoms with Crippen molar-refractivity contribution in [2.24, 2.45) is 0 Å². The SMILES string of the molecule is CCNc1nc(-c2cncs2)nc(CC)c1Br. The quantitative estimate of drug-likeness (QED) is 0.940. The van der Waals surface area contributed by atoms with Gasteiger partial charge in [-0.15, -0.1) is 11.3 Å². The molecule has 0 bridgehead atoms. The molecule has 4 nitrogen and oxygen atoms in total. The number of anilines is 1. The second-order valence-corrected chi connectivity index (χ2v) is 5.09. The molecule has 0 saturated heterocycles. The lowest BCUT2D eigenvalue weighted by molar-refractivity contribution is 0.986. The van der Waals surface area contributed by atoms with Crippen molar-refractivity contribution < 1.29 is 0 Å². The third-order valence-corrected chi connectivity index (χ3v) is 3.85. The molecule has 0 spiro atoms. The Morgan fingerprint density at radius 3 is 2.76 bits per heavy atom. The number of aryl methyl sites for hydroxylation is 1. The van der Waals surface area contributed by atoms with E-state index in [0.717, 1.165) is 39.7 Å². The van der Waals surface area contributed by atoms with E-state index in [1.165, 1.54) is 0 Å². The van der Waals surface area contributed by atoms with Crippen molar-refractivity contribution in [3.63, 3.8) is 0 Å². The van der Waals surface area contributed by atoms with Gasteiger partial charge in [0.2, 0.25) is 0 Å². The molecule has 2 rings (SSSR count). The van der Waals surface area contributed by atoms with Crippen molar-refractivity contribution in [2.75, 3.05) is 11.9 Å². The molecule has 0 aliphatic rings. The summed E-state index contributed by atoms with van der Waals surface area (Å²) in [7, 11) is 0. The van der Waals surface area contributed by atoms with Crippen LogP contribution >= 0.6 is 27.3 Å². The van der Waals surface area contributed by atoms with E-state index in [-0.39, 0.29) is 0 Å². The van der Waals surface area contributed by atoms with Crippen molar-refractivity contribution in [3.8, 4) is 10.7 Å². The van der Waals surface area contributed by atoms with Crippen LogP contribution in [0.2, 0.25) is 0 Å². The summed E-state index contributed by atoms with van der Waals surface area (Å²) in [6, 6.07) is 0. The van der Waals surface area contributed by atoms with Gasteiger partial charge in [0.25, 0.3) is 0 Å².